The van der Waals surface area contributed by atoms with Gasteiger partial charge in [-0.3, -0.25) is 0 Å². The molecule has 0 atom stereocenters. The molecule has 1 aromatic heterocycles. The van der Waals surface area contributed by atoms with Gasteiger partial charge in [0.15, 0.2) is 0 Å². The van der Waals surface area contributed by atoms with Gasteiger partial charge in [-0.1, -0.05) is 54.1 Å². The Morgan fingerprint density at radius 2 is 1.69 bits per heavy atom. The van der Waals surface area contributed by atoms with Gasteiger partial charge in [0, 0.05) is 30.1 Å². The van der Waals surface area contributed by atoms with E-state index in [1.54, 1.807) is 11.3 Å². The Morgan fingerprint density at radius 3 is 2.38 bits per heavy atom. The quantitative estimate of drug-likeness (QED) is 0.534. The summed E-state index contributed by atoms with van der Waals surface area (Å²) in [5, 5.41) is 6.46. The fraction of sp³-hybridized carbons (Fsp3) is 0.318. The highest BCUT2D eigenvalue weighted by atomic mass is 32.2. The number of nitrogens with zero attached hydrogens (tertiary/aromatic N) is 1. The summed E-state index contributed by atoms with van der Waals surface area (Å²) in [6, 6.07) is 15.9. The zero-order chi connectivity index (χ0) is 20.9. The minimum atomic E-state index is -3.35. The molecule has 0 bridgehead atoms. The van der Waals surface area contributed by atoms with Crippen molar-refractivity contribution in [3.63, 3.8) is 0 Å². The second kappa shape index (κ2) is 9.63. The summed E-state index contributed by atoms with van der Waals surface area (Å²) in [7, 11) is -3.35. The molecule has 2 aromatic carbocycles. The van der Waals surface area contributed by atoms with Crippen molar-refractivity contribution < 1.29 is 8.42 Å². The highest BCUT2D eigenvalue weighted by Crippen LogP contribution is 2.24. The van der Waals surface area contributed by atoms with Gasteiger partial charge in [-0.2, -0.15) is 0 Å². The molecule has 154 valence electrons. The molecule has 5 nitrogen and oxygen atoms in total. The minimum absolute atomic E-state index is 0.0166. The largest absolute Gasteiger partial charge is 0.307 e. The number of hydrogen-bond acceptors (Lipinski definition) is 5. The van der Waals surface area contributed by atoms with Crippen LogP contribution in [-0.4, -0.2) is 19.4 Å². The van der Waals surface area contributed by atoms with Crippen LogP contribution in [0, 0.1) is 6.92 Å². The van der Waals surface area contributed by atoms with Gasteiger partial charge in [0.2, 0.25) is 10.0 Å². The van der Waals surface area contributed by atoms with Crippen LogP contribution in [-0.2, 0) is 28.9 Å². The van der Waals surface area contributed by atoms with E-state index in [9.17, 15) is 8.42 Å². The Bertz CT molecular complexity index is 1040. The first kappa shape index (κ1) is 21.6. The van der Waals surface area contributed by atoms with E-state index in [1.165, 1.54) is 5.56 Å². The van der Waals surface area contributed by atoms with Gasteiger partial charge >= 0.3 is 0 Å². The summed E-state index contributed by atoms with van der Waals surface area (Å²) in [5.74, 6) is -0.0166. The predicted octanol–water partition coefficient (Wildman–Crippen LogP) is 4.24. The third-order valence-corrected chi connectivity index (χ3v) is 6.81. The SMILES string of the molecule is Cc1ccc(-c2nc(CNCc3ccccc3CS(=O)(=O)NC(C)C)cs2)cc1. The molecular weight excluding hydrogens is 402 g/mol. The Hall–Kier alpha value is -2.06. The van der Waals surface area contributed by atoms with E-state index >= 15 is 0 Å². The summed E-state index contributed by atoms with van der Waals surface area (Å²) in [6.07, 6.45) is 0. The van der Waals surface area contributed by atoms with Gasteiger partial charge in [0.1, 0.15) is 5.01 Å². The lowest BCUT2D eigenvalue weighted by Gasteiger charge is -2.13. The molecule has 3 rings (SSSR count). The van der Waals surface area contributed by atoms with E-state index in [-0.39, 0.29) is 11.8 Å². The fourth-order valence-corrected chi connectivity index (χ4v) is 5.34. The lowest BCUT2D eigenvalue weighted by molar-refractivity contribution is 0.568. The molecule has 0 fully saturated rings. The molecule has 0 aliphatic rings. The number of sulfonamides is 1. The average molecular weight is 430 g/mol. The monoisotopic (exact) mass is 429 g/mol. The number of nitrogens with one attached hydrogen (secondary N) is 2. The number of aromatic nitrogens is 1. The van der Waals surface area contributed by atoms with E-state index in [1.807, 2.05) is 38.1 Å². The van der Waals surface area contributed by atoms with Crippen molar-refractivity contribution >= 4 is 21.4 Å². The van der Waals surface area contributed by atoms with Crippen LogP contribution in [0.25, 0.3) is 10.6 Å². The topological polar surface area (TPSA) is 71.1 Å². The van der Waals surface area contributed by atoms with Crippen LogP contribution in [0.4, 0.5) is 0 Å². The van der Waals surface area contributed by atoms with E-state index in [2.05, 4.69) is 46.6 Å². The van der Waals surface area contributed by atoms with Gasteiger partial charge < -0.3 is 5.32 Å². The first-order valence-electron chi connectivity index (χ1n) is 9.61. The molecule has 29 heavy (non-hydrogen) atoms. The van der Waals surface area contributed by atoms with Gasteiger partial charge in [-0.05, 0) is 31.9 Å². The van der Waals surface area contributed by atoms with Gasteiger partial charge in [0.05, 0.1) is 11.4 Å². The molecule has 0 saturated heterocycles. The molecule has 3 aromatic rings. The van der Waals surface area contributed by atoms with Gasteiger partial charge in [-0.25, -0.2) is 18.1 Å². The molecule has 0 saturated carbocycles. The van der Waals surface area contributed by atoms with Gasteiger partial charge in [0.25, 0.3) is 0 Å². The Morgan fingerprint density at radius 1 is 1.00 bits per heavy atom. The molecule has 0 aliphatic carbocycles. The van der Waals surface area contributed by atoms with Crippen molar-refractivity contribution in [2.24, 2.45) is 0 Å². The van der Waals surface area contributed by atoms with E-state index in [0.717, 1.165) is 27.4 Å². The molecule has 2 N–H and O–H groups in total. The smallest absolute Gasteiger partial charge is 0.216 e. The average Bonchev–Trinajstić information content (AvgIpc) is 3.11. The van der Waals surface area contributed by atoms with Crippen LogP contribution >= 0.6 is 11.3 Å². The van der Waals surface area contributed by atoms with Crippen molar-refractivity contribution in [1.82, 2.24) is 15.0 Å². The highest BCUT2D eigenvalue weighted by Gasteiger charge is 2.15. The molecule has 7 heteroatoms. The number of thiazole rings is 1. The molecular formula is C22H27N3O2S2. The number of hydrogen-bond donors (Lipinski definition) is 2. The van der Waals surface area contributed by atoms with E-state index in [0.29, 0.717) is 13.1 Å². The normalized spacial score (nSPS) is 11.9. The zero-order valence-electron chi connectivity index (χ0n) is 17.0. The minimum Gasteiger partial charge on any atom is -0.307 e. The molecule has 0 spiro atoms. The summed E-state index contributed by atoms with van der Waals surface area (Å²) in [4.78, 5) is 4.71. The Balaban J connectivity index is 1.61. The summed E-state index contributed by atoms with van der Waals surface area (Å²) >= 11 is 1.63. The van der Waals surface area contributed by atoms with Gasteiger partial charge in [-0.15, -0.1) is 11.3 Å². The Kier molecular flexibility index (Phi) is 7.18. The van der Waals surface area contributed by atoms with Crippen molar-refractivity contribution in [2.75, 3.05) is 0 Å². The van der Waals surface area contributed by atoms with Crippen LogP contribution in [0.1, 0.15) is 36.2 Å². The third-order valence-electron chi connectivity index (χ3n) is 4.35. The maximum absolute atomic E-state index is 12.3. The van der Waals surface area contributed by atoms with E-state index in [4.69, 9.17) is 4.98 Å². The van der Waals surface area contributed by atoms with Crippen LogP contribution in [0.2, 0.25) is 0 Å². The lowest BCUT2D eigenvalue weighted by atomic mass is 10.1. The fourth-order valence-electron chi connectivity index (χ4n) is 3.02. The van der Waals surface area contributed by atoms with E-state index < -0.39 is 10.0 Å². The molecule has 1 heterocycles. The molecule has 0 aliphatic heterocycles. The zero-order valence-corrected chi connectivity index (χ0v) is 18.6. The van der Waals surface area contributed by atoms with Crippen molar-refractivity contribution in [2.45, 2.75) is 45.7 Å². The van der Waals surface area contributed by atoms with Crippen molar-refractivity contribution in [1.29, 1.82) is 0 Å². The molecule has 0 amide bonds. The number of rotatable bonds is 9. The molecule has 0 radical (unpaired) electrons. The highest BCUT2D eigenvalue weighted by molar-refractivity contribution is 7.88. The van der Waals surface area contributed by atoms with Crippen LogP contribution in [0.15, 0.2) is 53.9 Å². The maximum atomic E-state index is 12.3. The first-order valence-corrected chi connectivity index (χ1v) is 12.1. The second-order valence-electron chi connectivity index (χ2n) is 7.41. The summed E-state index contributed by atoms with van der Waals surface area (Å²) in [6.45, 7) is 6.94. The Labute approximate surface area is 177 Å². The van der Waals surface area contributed by atoms with Crippen LogP contribution in [0.5, 0.6) is 0 Å². The summed E-state index contributed by atoms with van der Waals surface area (Å²) < 4.78 is 27.2. The lowest BCUT2D eigenvalue weighted by Crippen LogP contribution is -2.31. The predicted molar refractivity (Wildman–Crippen MR) is 120 cm³/mol. The first-order chi connectivity index (χ1) is 13.8. The second-order valence-corrected chi connectivity index (χ2v) is 10.0. The van der Waals surface area contributed by atoms with Crippen LogP contribution in [0.3, 0.4) is 0 Å². The summed E-state index contributed by atoms with van der Waals surface area (Å²) in [5.41, 5.74) is 5.14. The third kappa shape index (κ3) is 6.47. The standard InChI is InChI=1S/C22H27N3O2S2/c1-16(2)25-29(26,27)15-20-7-5-4-6-19(20)12-23-13-21-14-28-22(24-21)18-10-8-17(3)9-11-18/h4-11,14,16,23,25H,12-13,15H2,1-3H3. The van der Waals surface area contributed by atoms with Crippen LogP contribution < -0.4 is 10.0 Å². The number of benzene rings is 2. The van der Waals surface area contributed by atoms with Crippen molar-refractivity contribution in [3.05, 3.63) is 76.3 Å². The van der Waals surface area contributed by atoms with Crippen molar-refractivity contribution in [3.8, 4) is 10.6 Å². The molecule has 0 unspecified atom stereocenters. The maximum Gasteiger partial charge on any atom is 0.216 e. The number of aryl methyl sites for hydroxylation is 1.